The Morgan fingerprint density at radius 1 is 1.50 bits per heavy atom. The molecule has 0 saturated carbocycles. The van der Waals surface area contributed by atoms with Crippen molar-refractivity contribution in [1.82, 2.24) is 0 Å². The van der Waals surface area contributed by atoms with Crippen molar-refractivity contribution in [3.8, 4) is 0 Å². The molecular weight excluding hydrogens is 274 g/mol. The summed E-state index contributed by atoms with van der Waals surface area (Å²) in [7, 11) is 0. The Kier molecular flexibility index (Phi) is 3.84. The van der Waals surface area contributed by atoms with Crippen LogP contribution in [0.15, 0.2) is 39.8 Å². The second-order valence-corrected chi connectivity index (χ2v) is 4.95. The molecule has 1 aromatic heterocycles. The molecule has 0 atom stereocenters. The molecule has 3 N–H and O–H groups in total. The monoisotopic (exact) mass is 283 g/mol. The van der Waals surface area contributed by atoms with E-state index in [1.54, 1.807) is 18.2 Å². The van der Waals surface area contributed by atoms with Crippen LogP contribution in [0, 0.1) is 0 Å². The Morgan fingerprint density at radius 2 is 2.28 bits per heavy atom. The van der Waals surface area contributed by atoms with E-state index in [4.69, 9.17) is 26.9 Å². The van der Waals surface area contributed by atoms with Gasteiger partial charge in [0.15, 0.2) is 0 Å². The van der Waals surface area contributed by atoms with Gasteiger partial charge in [0, 0.05) is 10.6 Å². The van der Waals surface area contributed by atoms with Gasteiger partial charge in [-0.15, -0.1) is 11.8 Å². The number of aromatic carboxylic acids is 1. The highest BCUT2D eigenvalue weighted by Gasteiger charge is 2.10. The standard InChI is InChI=1S/C12H10ClNO3S/c13-9-2-1-3-10(14)11(9)18-6-8-4-7(5-17-8)12(15)16/h1-5H,6,14H2,(H,15,16). The molecule has 4 nitrogen and oxygen atoms in total. The van der Waals surface area contributed by atoms with Crippen molar-refractivity contribution in [1.29, 1.82) is 0 Å². The highest BCUT2D eigenvalue weighted by Crippen LogP contribution is 2.34. The predicted octanol–water partition coefficient (Wildman–Crippen LogP) is 3.51. The number of benzene rings is 1. The Hall–Kier alpha value is -1.59. The first kappa shape index (κ1) is 12.9. The van der Waals surface area contributed by atoms with Crippen LogP contribution in [0.3, 0.4) is 0 Å². The normalized spacial score (nSPS) is 10.5. The Labute approximate surface area is 113 Å². The van der Waals surface area contributed by atoms with Crippen LogP contribution in [0.2, 0.25) is 5.02 Å². The van der Waals surface area contributed by atoms with Crippen molar-refractivity contribution < 1.29 is 14.3 Å². The summed E-state index contributed by atoms with van der Waals surface area (Å²) in [4.78, 5) is 11.5. The topological polar surface area (TPSA) is 76.5 Å². The molecule has 2 rings (SSSR count). The lowest BCUT2D eigenvalue weighted by Crippen LogP contribution is -1.92. The van der Waals surface area contributed by atoms with Crippen LogP contribution in [0.1, 0.15) is 16.1 Å². The molecule has 0 bridgehead atoms. The predicted molar refractivity (Wildman–Crippen MR) is 71.1 cm³/mol. The van der Waals surface area contributed by atoms with Crippen molar-refractivity contribution in [2.45, 2.75) is 10.6 Å². The fourth-order valence-electron chi connectivity index (χ4n) is 1.39. The second kappa shape index (κ2) is 5.37. The molecule has 1 aromatic carbocycles. The lowest BCUT2D eigenvalue weighted by Gasteiger charge is -2.05. The van der Waals surface area contributed by atoms with Crippen molar-refractivity contribution in [3.63, 3.8) is 0 Å². The van der Waals surface area contributed by atoms with E-state index in [0.717, 1.165) is 4.90 Å². The number of halogens is 1. The number of carboxylic acid groups (broad SMARTS) is 1. The average Bonchev–Trinajstić information content (AvgIpc) is 2.77. The summed E-state index contributed by atoms with van der Waals surface area (Å²) in [5, 5.41) is 9.34. The lowest BCUT2D eigenvalue weighted by molar-refractivity contribution is 0.0696. The maximum Gasteiger partial charge on any atom is 0.338 e. The zero-order valence-corrected chi connectivity index (χ0v) is 10.8. The Bertz CT molecular complexity index is 562. The molecule has 0 spiro atoms. The van der Waals surface area contributed by atoms with Crippen LogP contribution in [-0.4, -0.2) is 11.1 Å². The number of nitrogens with two attached hydrogens (primary N) is 1. The minimum Gasteiger partial charge on any atom is -0.478 e. The number of hydrogen-bond donors (Lipinski definition) is 2. The molecule has 0 amide bonds. The summed E-state index contributed by atoms with van der Waals surface area (Å²) >= 11 is 7.43. The van der Waals surface area contributed by atoms with Gasteiger partial charge in [0.2, 0.25) is 0 Å². The highest BCUT2D eigenvalue weighted by molar-refractivity contribution is 7.98. The van der Waals surface area contributed by atoms with E-state index < -0.39 is 5.97 Å². The Morgan fingerprint density at radius 3 is 2.89 bits per heavy atom. The molecule has 6 heteroatoms. The molecule has 18 heavy (non-hydrogen) atoms. The van der Waals surface area contributed by atoms with E-state index in [1.807, 2.05) is 0 Å². The maximum atomic E-state index is 10.7. The van der Waals surface area contributed by atoms with Crippen molar-refractivity contribution >= 4 is 35.0 Å². The van der Waals surface area contributed by atoms with Gasteiger partial charge in [-0.1, -0.05) is 17.7 Å². The number of rotatable bonds is 4. The quantitative estimate of drug-likeness (QED) is 0.663. The molecule has 0 aliphatic carbocycles. The van der Waals surface area contributed by atoms with Gasteiger partial charge >= 0.3 is 5.97 Å². The highest BCUT2D eigenvalue weighted by atomic mass is 35.5. The van der Waals surface area contributed by atoms with Gasteiger partial charge in [0.25, 0.3) is 0 Å². The number of nitrogen functional groups attached to an aromatic ring is 1. The van der Waals surface area contributed by atoms with Gasteiger partial charge in [0.1, 0.15) is 12.0 Å². The number of carbonyl (C=O) groups is 1. The van der Waals surface area contributed by atoms with Crippen LogP contribution >= 0.6 is 23.4 Å². The molecule has 0 radical (unpaired) electrons. The van der Waals surface area contributed by atoms with Gasteiger partial charge in [0.05, 0.1) is 16.3 Å². The van der Waals surface area contributed by atoms with E-state index in [9.17, 15) is 4.79 Å². The van der Waals surface area contributed by atoms with Crippen molar-refractivity contribution in [3.05, 3.63) is 46.9 Å². The van der Waals surface area contributed by atoms with E-state index in [0.29, 0.717) is 22.2 Å². The van der Waals surface area contributed by atoms with Gasteiger partial charge in [-0.2, -0.15) is 0 Å². The van der Waals surface area contributed by atoms with Crippen LogP contribution in [0.4, 0.5) is 5.69 Å². The Balaban J connectivity index is 2.09. The van der Waals surface area contributed by atoms with Gasteiger partial charge in [-0.3, -0.25) is 0 Å². The number of anilines is 1. The first-order valence-electron chi connectivity index (χ1n) is 5.05. The van der Waals surface area contributed by atoms with Crippen LogP contribution in [0.25, 0.3) is 0 Å². The van der Waals surface area contributed by atoms with Crippen LogP contribution in [0.5, 0.6) is 0 Å². The SMILES string of the molecule is Nc1cccc(Cl)c1SCc1cc(C(=O)O)co1. The van der Waals surface area contributed by atoms with E-state index in [-0.39, 0.29) is 5.56 Å². The third-order valence-electron chi connectivity index (χ3n) is 2.26. The summed E-state index contributed by atoms with van der Waals surface area (Å²) in [5.41, 5.74) is 6.54. The van der Waals surface area contributed by atoms with Gasteiger partial charge < -0.3 is 15.3 Å². The zero-order chi connectivity index (χ0) is 13.1. The molecule has 1 heterocycles. The third-order valence-corrected chi connectivity index (χ3v) is 3.86. The molecular formula is C12H10ClNO3S. The lowest BCUT2D eigenvalue weighted by atomic mass is 10.3. The van der Waals surface area contributed by atoms with E-state index >= 15 is 0 Å². The maximum absolute atomic E-state index is 10.7. The fourth-order valence-corrected chi connectivity index (χ4v) is 2.61. The number of carboxylic acids is 1. The first-order valence-corrected chi connectivity index (χ1v) is 6.42. The molecule has 0 fully saturated rings. The summed E-state index contributed by atoms with van der Waals surface area (Å²) in [5.74, 6) is 0.0327. The summed E-state index contributed by atoms with van der Waals surface area (Å²) < 4.78 is 5.14. The van der Waals surface area contributed by atoms with Gasteiger partial charge in [-0.25, -0.2) is 4.79 Å². The largest absolute Gasteiger partial charge is 0.478 e. The summed E-state index contributed by atoms with van der Waals surface area (Å²) in [6.45, 7) is 0. The number of thioether (sulfide) groups is 1. The molecule has 0 unspecified atom stereocenters. The van der Waals surface area contributed by atoms with Crippen molar-refractivity contribution in [2.75, 3.05) is 5.73 Å². The van der Waals surface area contributed by atoms with Crippen molar-refractivity contribution in [2.24, 2.45) is 0 Å². The average molecular weight is 284 g/mol. The van der Waals surface area contributed by atoms with Crippen LogP contribution in [-0.2, 0) is 5.75 Å². The van der Waals surface area contributed by atoms with Gasteiger partial charge in [-0.05, 0) is 18.2 Å². The number of hydrogen-bond acceptors (Lipinski definition) is 4. The molecule has 2 aromatic rings. The minimum atomic E-state index is -1.01. The van der Waals surface area contributed by atoms with E-state index in [1.165, 1.54) is 24.1 Å². The molecule has 0 saturated heterocycles. The molecule has 0 aliphatic heterocycles. The minimum absolute atomic E-state index is 0.137. The molecule has 94 valence electrons. The summed E-state index contributed by atoms with van der Waals surface area (Å²) in [6, 6.07) is 6.78. The zero-order valence-electron chi connectivity index (χ0n) is 9.22. The van der Waals surface area contributed by atoms with Crippen LogP contribution < -0.4 is 5.73 Å². The van der Waals surface area contributed by atoms with E-state index in [2.05, 4.69) is 0 Å². The fraction of sp³-hybridized carbons (Fsp3) is 0.0833. The summed E-state index contributed by atoms with van der Waals surface area (Å²) in [6.07, 6.45) is 1.22. The smallest absolute Gasteiger partial charge is 0.338 e. The third kappa shape index (κ3) is 2.80. The number of furan rings is 1. The second-order valence-electron chi connectivity index (χ2n) is 3.55. The first-order chi connectivity index (χ1) is 8.58. The molecule has 0 aliphatic rings.